The molecule has 8 unspecified atom stereocenters. The lowest BCUT2D eigenvalue weighted by Crippen LogP contribution is -2.38. The predicted octanol–water partition coefficient (Wildman–Crippen LogP) is 6.03. The van der Waals surface area contributed by atoms with Gasteiger partial charge in [0.1, 0.15) is 11.5 Å². The van der Waals surface area contributed by atoms with Gasteiger partial charge in [-0.1, -0.05) is 42.0 Å². The lowest BCUT2D eigenvalue weighted by molar-refractivity contribution is -0.129. The molecule has 4 aliphatic carbocycles. The molecule has 5 aliphatic rings. The van der Waals surface area contributed by atoms with Gasteiger partial charge in [-0.25, -0.2) is 9.59 Å². The second kappa shape index (κ2) is 10.2. The molecule has 1 aliphatic heterocycles. The van der Waals surface area contributed by atoms with Crippen LogP contribution >= 0.6 is 0 Å². The van der Waals surface area contributed by atoms with Crippen LogP contribution in [-0.4, -0.2) is 23.8 Å². The summed E-state index contributed by atoms with van der Waals surface area (Å²) in [7, 11) is 0. The number of benzene rings is 3. The third-order valence-corrected chi connectivity index (χ3v) is 10.5. The highest BCUT2D eigenvalue weighted by molar-refractivity contribution is 6.22. The minimum Gasteiger partial charge on any atom is -0.423 e. The van der Waals surface area contributed by atoms with Crippen LogP contribution < -0.4 is 14.4 Å². The molecule has 8 atom stereocenters. The Morgan fingerprint density at radius 3 is 1.91 bits per heavy atom. The van der Waals surface area contributed by atoms with Crippen LogP contribution in [0.3, 0.4) is 0 Å². The van der Waals surface area contributed by atoms with Crippen molar-refractivity contribution in [3.8, 4) is 11.5 Å². The average Bonchev–Trinajstić information content (AvgIpc) is 3.84. The summed E-state index contributed by atoms with van der Waals surface area (Å²) in [4.78, 5) is 53.4. The molecule has 0 spiro atoms. The van der Waals surface area contributed by atoms with Gasteiger partial charge in [-0.05, 0) is 115 Å². The fourth-order valence-corrected chi connectivity index (χ4v) is 8.85. The molecule has 0 N–H and O–H groups in total. The van der Waals surface area contributed by atoms with Crippen molar-refractivity contribution < 1.29 is 28.7 Å². The van der Waals surface area contributed by atoms with E-state index in [2.05, 4.69) is 12.2 Å². The molecule has 220 valence electrons. The monoisotopic (exact) mass is 585 g/mol. The van der Waals surface area contributed by atoms with Gasteiger partial charge in [0.05, 0.1) is 23.1 Å². The number of allylic oxidation sites excluding steroid dienone is 2. The van der Waals surface area contributed by atoms with Crippen molar-refractivity contribution in [2.45, 2.75) is 19.8 Å². The summed E-state index contributed by atoms with van der Waals surface area (Å²) in [5.74, 6) is 2.08. The molecule has 0 aromatic heterocycles. The van der Waals surface area contributed by atoms with Crippen molar-refractivity contribution in [2.75, 3.05) is 4.90 Å². The Morgan fingerprint density at radius 2 is 1.30 bits per heavy atom. The first kappa shape index (κ1) is 26.8. The highest BCUT2D eigenvalue weighted by Crippen LogP contribution is 2.70. The second-order valence-electron chi connectivity index (χ2n) is 12.8. The van der Waals surface area contributed by atoms with Gasteiger partial charge < -0.3 is 9.47 Å². The average molecular weight is 586 g/mol. The summed E-state index contributed by atoms with van der Waals surface area (Å²) < 4.78 is 10.9. The fraction of sp³-hybridized carbons (Fsp3) is 0.297. The number of imide groups is 1. The topological polar surface area (TPSA) is 90.0 Å². The van der Waals surface area contributed by atoms with E-state index in [9.17, 15) is 19.2 Å². The Morgan fingerprint density at radius 1 is 0.727 bits per heavy atom. The highest BCUT2D eigenvalue weighted by atomic mass is 16.5. The molecule has 4 bridgehead atoms. The number of rotatable bonds is 6. The molecule has 1 heterocycles. The maximum Gasteiger partial charge on any atom is 0.343 e. The Kier molecular flexibility index (Phi) is 6.19. The van der Waals surface area contributed by atoms with Gasteiger partial charge in [0.15, 0.2) is 0 Å². The van der Waals surface area contributed by atoms with Gasteiger partial charge in [0, 0.05) is 6.08 Å². The minimum absolute atomic E-state index is 0.0682. The molecule has 1 saturated heterocycles. The number of hydrogen-bond donors (Lipinski definition) is 0. The van der Waals surface area contributed by atoms with Crippen molar-refractivity contribution in [3.05, 3.63) is 108 Å². The molecule has 7 heteroatoms. The van der Waals surface area contributed by atoms with Crippen LogP contribution in [0.25, 0.3) is 6.08 Å². The summed E-state index contributed by atoms with van der Waals surface area (Å²) in [5.41, 5.74) is 2.78. The lowest BCUT2D eigenvalue weighted by atomic mass is 9.65. The number of anilines is 1. The summed E-state index contributed by atoms with van der Waals surface area (Å²) >= 11 is 0. The van der Waals surface area contributed by atoms with Crippen molar-refractivity contribution >= 4 is 35.5 Å². The van der Waals surface area contributed by atoms with Crippen LogP contribution in [0.4, 0.5) is 5.69 Å². The predicted molar refractivity (Wildman–Crippen MR) is 162 cm³/mol. The SMILES string of the molecule is Cc1ccc(C(=O)Oc2ccc(/C=C/C(=O)Oc3ccc(N4C(=O)C5C6CC(C5C4=O)C4C5C=CC(C5)C64)cc3)cc2)cc1. The Labute approximate surface area is 255 Å². The van der Waals surface area contributed by atoms with E-state index in [0.29, 0.717) is 58.3 Å². The standard InChI is InChI=1S/C37H31NO6/c1-20-2-7-22(8-3-20)37(42)44-27-13-4-21(5-14-27)6-17-30(39)43-26-15-11-25(12-16-26)38-35(40)33-28-19-29(34(33)36(38)41)32-24-10-9-23(18-24)31(28)32/h2-17,23-24,28-29,31-34H,18-19H2,1H3/b17-6+. The van der Waals surface area contributed by atoms with Crippen LogP contribution in [-0.2, 0) is 14.4 Å². The number of hydrogen-bond acceptors (Lipinski definition) is 6. The van der Waals surface area contributed by atoms with E-state index in [4.69, 9.17) is 9.47 Å². The first-order chi connectivity index (χ1) is 21.4. The fourth-order valence-electron chi connectivity index (χ4n) is 8.85. The van der Waals surface area contributed by atoms with Crippen LogP contribution in [0.5, 0.6) is 11.5 Å². The van der Waals surface area contributed by atoms with E-state index in [0.717, 1.165) is 17.5 Å². The van der Waals surface area contributed by atoms with Crippen LogP contribution in [0.15, 0.2) is 91.0 Å². The van der Waals surface area contributed by atoms with Crippen molar-refractivity contribution in [1.82, 2.24) is 0 Å². The van der Waals surface area contributed by atoms with Gasteiger partial charge in [-0.15, -0.1) is 0 Å². The molecule has 2 amide bonds. The summed E-state index contributed by atoms with van der Waals surface area (Å²) in [6, 6.07) is 20.5. The Balaban J connectivity index is 0.881. The Bertz CT molecular complexity index is 1700. The van der Waals surface area contributed by atoms with Gasteiger partial charge >= 0.3 is 11.9 Å². The molecule has 3 aromatic rings. The van der Waals surface area contributed by atoms with Crippen molar-refractivity contribution in [1.29, 1.82) is 0 Å². The van der Waals surface area contributed by atoms with Crippen LogP contribution in [0.2, 0.25) is 0 Å². The third kappa shape index (κ3) is 4.25. The molecule has 7 nitrogen and oxygen atoms in total. The zero-order valence-electron chi connectivity index (χ0n) is 24.2. The molecule has 4 fully saturated rings. The minimum atomic E-state index is -0.568. The molecule has 44 heavy (non-hydrogen) atoms. The molecular formula is C37H31NO6. The first-order valence-electron chi connectivity index (χ1n) is 15.3. The second-order valence-corrected chi connectivity index (χ2v) is 12.8. The van der Waals surface area contributed by atoms with Gasteiger partial charge in [0.2, 0.25) is 11.8 Å². The zero-order valence-corrected chi connectivity index (χ0v) is 24.2. The van der Waals surface area contributed by atoms with Gasteiger partial charge in [0.25, 0.3) is 0 Å². The van der Waals surface area contributed by atoms with Crippen LogP contribution in [0.1, 0.15) is 34.3 Å². The lowest BCUT2D eigenvalue weighted by Gasteiger charge is -2.36. The van der Waals surface area contributed by atoms with Gasteiger partial charge in [-0.2, -0.15) is 0 Å². The number of ether oxygens (including phenoxy) is 2. The van der Waals surface area contributed by atoms with Gasteiger partial charge in [-0.3, -0.25) is 14.5 Å². The number of carbonyl (C=O) groups is 4. The van der Waals surface area contributed by atoms with E-state index in [1.165, 1.54) is 17.4 Å². The van der Waals surface area contributed by atoms with E-state index in [1.807, 2.05) is 19.1 Å². The molecular weight excluding hydrogens is 554 g/mol. The van der Waals surface area contributed by atoms with E-state index >= 15 is 0 Å². The normalized spacial score (nSPS) is 30.7. The van der Waals surface area contributed by atoms with E-state index < -0.39 is 11.9 Å². The van der Waals surface area contributed by atoms with Crippen molar-refractivity contribution in [3.63, 3.8) is 0 Å². The zero-order chi connectivity index (χ0) is 30.1. The smallest absolute Gasteiger partial charge is 0.343 e. The maximum absolute atomic E-state index is 13.6. The highest BCUT2D eigenvalue weighted by Gasteiger charge is 2.71. The molecule has 3 aromatic carbocycles. The largest absolute Gasteiger partial charge is 0.423 e. The van der Waals surface area contributed by atoms with E-state index in [-0.39, 0.29) is 23.7 Å². The first-order valence-corrected chi connectivity index (χ1v) is 15.3. The van der Waals surface area contributed by atoms with Crippen LogP contribution in [0, 0.1) is 54.3 Å². The quantitative estimate of drug-likeness (QED) is 0.0877. The number of aryl methyl sites for hydroxylation is 1. The number of nitrogens with zero attached hydrogens (tertiary/aromatic N) is 1. The maximum atomic E-state index is 13.6. The summed E-state index contributed by atoms with van der Waals surface area (Å²) in [6.07, 6.45) is 9.82. The number of amides is 2. The summed E-state index contributed by atoms with van der Waals surface area (Å²) in [5, 5.41) is 0. The molecule has 0 radical (unpaired) electrons. The van der Waals surface area contributed by atoms with Crippen molar-refractivity contribution in [2.24, 2.45) is 47.3 Å². The third-order valence-electron chi connectivity index (χ3n) is 10.5. The molecule has 3 saturated carbocycles. The number of carbonyl (C=O) groups excluding carboxylic acids is 4. The summed E-state index contributed by atoms with van der Waals surface area (Å²) in [6.45, 7) is 1.95. The molecule has 8 rings (SSSR count). The number of esters is 2. The number of fused-ring (bicyclic) bond motifs is 12. The van der Waals surface area contributed by atoms with E-state index in [1.54, 1.807) is 66.7 Å². The Hall–Kier alpha value is -4.78.